The normalized spacial score (nSPS) is 11.6. The number of nitrogens with zero attached hydrogens (tertiary/aromatic N) is 2. The lowest BCUT2D eigenvalue weighted by Gasteiger charge is -2.37. The highest BCUT2D eigenvalue weighted by molar-refractivity contribution is 6.42. The Balaban J connectivity index is 0.000000202. The van der Waals surface area contributed by atoms with Crippen LogP contribution in [0.1, 0.15) is 36.1 Å². The van der Waals surface area contributed by atoms with Gasteiger partial charge in [0.15, 0.2) is 0 Å². The topological polar surface area (TPSA) is 17.8 Å². The van der Waals surface area contributed by atoms with Gasteiger partial charge < -0.3 is 4.57 Å². The number of rotatable bonds is 8. The van der Waals surface area contributed by atoms with Crippen LogP contribution in [0.4, 0.5) is 0 Å². The first-order valence-corrected chi connectivity index (χ1v) is 15.4. The molecule has 0 atom stereocenters. The smallest absolute Gasteiger partial charge is 0.130 e. The summed E-state index contributed by atoms with van der Waals surface area (Å²) in [6, 6.07) is 43.9. The van der Waals surface area contributed by atoms with Gasteiger partial charge in [0.25, 0.3) is 0 Å². The number of aromatic nitrogens is 2. The quantitative estimate of drug-likeness (QED) is 0.160. The maximum atomic E-state index is 4.36. The summed E-state index contributed by atoms with van der Waals surface area (Å²) in [6.45, 7) is 4.37. The minimum atomic E-state index is -0.551. The van der Waals surface area contributed by atoms with Crippen LogP contribution in [0.25, 0.3) is 5.57 Å². The van der Waals surface area contributed by atoms with Gasteiger partial charge in [-0.2, -0.15) is 0 Å². The lowest BCUT2D eigenvalue weighted by molar-refractivity contribution is 0.592. The Morgan fingerprint density at radius 3 is 1.62 bits per heavy atom. The molecular formula is C35H37BN2Si. The van der Waals surface area contributed by atoms with Crippen molar-refractivity contribution >= 4 is 22.9 Å². The lowest BCUT2D eigenvalue weighted by atomic mass is 9.92. The van der Waals surface area contributed by atoms with Crippen LogP contribution in [-0.2, 0) is 5.16 Å². The summed E-state index contributed by atoms with van der Waals surface area (Å²) in [6.07, 6.45) is 8.20. The molecule has 2 nitrogen and oxygen atoms in total. The zero-order valence-electron chi connectivity index (χ0n) is 23.2. The molecule has 4 heteroatoms. The van der Waals surface area contributed by atoms with E-state index in [1.165, 1.54) is 39.4 Å². The first-order valence-electron chi connectivity index (χ1n) is 13.7. The number of hydrogen-bond acceptors (Lipinski definition) is 1. The fourth-order valence-electron chi connectivity index (χ4n) is 5.05. The predicted octanol–water partition coefficient (Wildman–Crippen LogP) is 6.89. The molecular weight excluding hydrogens is 487 g/mol. The molecule has 1 heterocycles. The van der Waals surface area contributed by atoms with Crippen LogP contribution in [0.15, 0.2) is 158 Å². The molecule has 194 valence electrons. The highest BCUT2D eigenvalue weighted by atomic mass is 28.2. The lowest BCUT2D eigenvalue weighted by Crippen LogP contribution is -2.41. The van der Waals surface area contributed by atoms with E-state index in [0.29, 0.717) is 0 Å². The Bertz CT molecular complexity index is 1370. The van der Waals surface area contributed by atoms with Crippen LogP contribution in [0, 0.1) is 0 Å². The molecule has 0 saturated carbocycles. The highest BCUT2D eigenvalue weighted by Gasteiger charge is 2.35. The monoisotopic (exact) mass is 524 g/mol. The minimum absolute atomic E-state index is 0.108. The van der Waals surface area contributed by atoms with Gasteiger partial charge in [0.1, 0.15) is 7.85 Å². The van der Waals surface area contributed by atoms with Gasteiger partial charge in [0.05, 0.1) is 21.0 Å². The second-order valence-corrected chi connectivity index (χ2v) is 11.7. The molecule has 5 aromatic rings. The molecule has 0 radical (unpaired) electrons. The molecule has 0 spiro atoms. The third-order valence-electron chi connectivity index (χ3n) is 7.28. The molecule has 0 N–H and O–H groups in total. The van der Waals surface area contributed by atoms with Crippen molar-refractivity contribution in [3.8, 4) is 0 Å². The molecule has 1 aromatic heterocycles. The summed E-state index contributed by atoms with van der Waals surface area (Å²) >= 11 is 0. The SMILES string of the molecule is BC=C(c1ccccc1)c1ccccc1.CC=C(C)C[SiH2]C(c1ccccc1)(c1ccccc1)n1ccnc1. The van der Waals surface area contributed by atoms with Crippen LogP contribution >= 0.6 is 0 Å². The van der Waals surface area contributed by atoms with Crippen molar-refractivity contribution in [3.05, 3.63) is 180 Å². The molecule has 0 aliphatic rings. The maximum Gasteiger partial charge on any atom is 0.130 e. The molecule has 4 aromatic carbocycles. The summed E-state index contributed by atoms with van der Waals surface area (Å²) in [5.41, 5.74) is 8.00. The fraction of sp³-hybridized carbons (Fsp3) is 0.114. The van der Waals surface area contributed by atoms with E-state index in [9.17, 15) is 0 Å². The van der Waals surface area contributed by atoms with E-state index >= 15 is 0 Å². The van der Waals surface area contributed by atoms with E-state index in [1.807, 2.05) is 24.7 Å². The molecule has 0 aliphatic heterocycles. The summed E-state index contributed by atoms with van der Waals surface area (Å²) in [7, 11) is 1.53. The number of imidazole rings is 1. The second kappa shape index (κ2) is 14.1. The van der Waals surface area contributed by atoms with E-state index in [4.69, 9.17) is 0 Å². The van der Waals surface area contributed by atoms with E-state index in [1.54, 1.807) is 0 Å². The van der Waals surface area contributed by atoms with Crippen molar-refractivity contribution in [2.24, 2.45) is 0 Å². The summed E-state index contributed by atoms with van der Waals surface area (Å²) in [5, 5.41) is -0.108. The standard InChI is InChI=1S/C21H24N2Si.C14H13B/c1-3-18(2)16-24-21(23-15-14-22-17-23,19-10-6-4-7-11-19)20-12-8-5-9-13-20;15-11-14(12-7-3-1-4-8-12)13-9-5-2-6-10-13/h3-15,17H,16,24H2,1-2H3;1-11H,15H2. The van der Waals surface area contributed by atoms with Crippen molar-refractivity contribution in [2.45, 2.75) is 25.1 Å². The summed E-state index contributed by atoms with van der Waals surface area (Å²) < 4.78 is 2.31. The van der Waals surface area contributed by atoms with Crippen molar-refractivity contribution in [3.63, 3.8) is 0 Å². The average Bonchev–Trinajstić information content (AvgIpc) is 3.56. The molecule has 0 saturated heterocycles. The van der Waals surface area contributed by atoms with E-state index in [0.717, 1.165) is 0 Å². The second-order valence-electron chi connectivity index (χ2n) is 9.63. The van der Waals surface area contributed by atoms with Crippen LogP contribution in [0.5, 0.6) is 0 Å². The molecule has 0 amide bonds. The van der Waals surface area contributed by atoms with Gasteiger partial charge >= 0.3 is 0 Å². The first kappa shape index (κ1) is 27.9. The highest BCUT2D eigenvalue weighted by Crippen LogP contribution is 2.34. The Labute approximate surface area is 237 Å². The molecule has 0 fully saturated rings. The third-order valence-corrected chi connectivity index (χ3v) is 10.2. The number of allylic oxidation sites excluding steroid dienone is 2. The molecule has 0 bridgehead atoms. The van der Waals surface area contributed by atoms with Crippen LogP contribution in [0.3, 0.4) is 0 Å². The fourth-order valence-corrected chi connectivity index (χ4v) is 7.59. The van der Waals surface area contributed by atoms with Gasteiger partial charge in [-0.1, -0.05) is 133 Å². The van der Waals surface area contributed by atoms with Gasteiger partial charge in [-0.15, -0.1) is 5.98 Å². The Morgan fingerprint density at radius 1 is 0.769 bits per heavy atom. The average molecular weight is 525 g/mol. The Kier molecular flexibility index (Phi) is 10.1. The first-order chi connectivity index (χ1) is 19.2. The summed E-state index contributed by atoms with van der Waals surface area (Å²) in [4.78, 5) is 4.36. The van der Waals surface area contributed by atoms with Gasteiger partial charge in [-0.3, -0.25) is 0 Å². The van der Waals surface area contributed by atoms with E-state index in [2.05, 4.69) is 159 Å². The number of benzene rings is 4. The number of hydrogen-bond donors (Lipinski definition) is 0. The summed E-state index contributed by atoms with van der Waals surface area (Å²) in [5.74, 6) is 2.16. The van der Waals surface area contributed by atoms with E-state index < -0.39 is 9.52 Å². The van der Waals surface area contributed by atoms with Crippen LogP contribution in [-0.4, -0.2) is 26.9 Å². The maximum absolute atomic E-state index is 4.36. The molecule has 0 unspecified atom stereocenters. The van der Waals surface area contributed by atoms with Crippen molar-refractivity contribution in [2.75, 3.05) is 0 Å². The minimum Gasteiger partial charge on any atom is -0.327 e. The van der Waals surface area contributed by atoms with Crippen molar-refractivity contribution in [1.82, 2.24) is 9.55 Å². The molecule has 5 rings (SSSR count). The largest absolute Gasteiger partial charge is 0.327 e. The Hall–Kier alpha value is -4.15. The molecule has 39 heavy (non-hydrogen) atoms. The van der Waals surface area contributed by atoms with E-state index in [-0.39, 0.29) is 5.16 Å². The zero-order valence-corrected chi connectivity index (χ0v) is 24.7. The van der Waals surface area contributed by atoms with Crippen molar-refractivity contribution in [1.29, 1.82) is 0 Å². The Morgan fingerprint density at radius 2 is 1.23 bits per heavy atom. The van der Waals surface area contributed by atoms with Crippen LogP contribution < -0.4 is 0 Å². The van der Waals surface area contributed by atoms with Gasteiger partial charge in [0.2, 0.25) is 0 Å². The predicted molar refractivity (Wildman–Crippen MR) is 173 cm³/mol. The third kappa shape index (κ3) is 6.84. The van der Waals surface area contributed by atoms with Gasteiger partial charge in [-0.05, 0) is 47.7 Å². The van der Waals surface area contributed by atoms with Crippen LogP contribution in [0.2, 0.25) is 6.04 Å². The van der Waals surface area contributed by atoms with Gasteiger partial charge in [0, 0.05) is 12.4 Å². The zero-order chi connectivity index (χ0) is 27.3. The van der Waals surface area contributed by atoms with Gasteiger partial charge in [-0.25, -0.2) is 4.98 Å². The molecule has 0 aliphatic carbocycles. The van der Waals surface area contributed by atoms with Crippen molar-refractivity contribution < 1.29 is 0 Å².